The normalized spacial score (nSPS) is 10.3. The third-order valence-corrected chi connectivity index (χ3v) is 3.49. The number of para-hydroxylation sites is 1. The Hall–Kier alpha value is -3.48. The Labute approximate surface area is 149 Å². The third-order valence-electron chi connectivity index (χ3n) is 3.19. The van der Waals surface area contributed by atoms with Gasteiger partial charge in [-0.1, -0.05) is 23.7 Å². The number of anilines is 2. The topological polar surface area (TPSA) is 97.9 Å². The number of amides is 1. The highest BCUT2D eigenvalue weighted by atomic mass is 35.5. The Morgan fingerprint density at radius 1 is 1.24 bits per heavy atom. The zero-order valence-corrected chi connectivity index (χ0v) is 14.0. The molecule has 0 aromatic heterocycles. The van der Waals surface area contributed by atoms with Gasteiger partial charge in [0.15, 0.2) is 0 Å². The van der Waals surface area contributed by atoms with Crippen LogP contribution >= 0.6 is 11.6 Å². The van der Waals surface area contributed by atoms with Gasteiger partial charge in [-0.15, -0.1) is 0 Å². The molecule has 2 aromatic carbocycles. The summed E-state index contributed by atoms with van der Waals surface area (Å²) in [5, 5.41) is 23.9. The lowest BCUT2D eigenvalue weighted by Crippen LogP contribution is -2.14. The number of benzene rings is 2. The first kappa shape index (κ1) is 17.9. The van der Waals surface area contributed by atoms with Crippen LogP contribution < -0.4 is 15.4 Å². The minimum absolute atomic E-state index is 0.153. The van der Waals surface area contributed by atoms with Crippen molar-refractivity contribution in [3.63, 3.8) is 0 Å². The van der Waals surface area contributed by atoms with Gasteiger partial charge in [-0.05, 0) is 30.3 Å². The number of hydrogen-bond donors (Lipinski definition) is 2. The van der Waals surface area contributed by atoms with Gasteiger partial charge in [-0.3, -0.25) is 4.79 Å². The monoisotopic (exact) mass is 352 g/mol. The fourth-order valence-electron chi connectivity index (χ4n) is 1.95. The Balaban J connectivity index is 2.14. The number of nitrogens with zero attached hydrogens (tertiary/aromatic N) is 2. The quantitative estimate of drug-likeness (QED) is 0.631. The molecular weight excluding hydrogens is 340 g/mol. The van der Waals surface area contributed by atoms with Crippen LogP contribution in [0.15, 0.2) is 54.2 Å². The maximum atomic E-state index is 12.2. The van der Waals surface area contributed by atoms with Gasteiger partial charge in [0.2, 0.25) is 0 Å². The molecule has 0 aliphatic heterocycles. The summed E-state index contributed by atoms with van der Waals surface area (Å²) in [5.41, 5.74) is 1.17. The van der Waals surface area contributed by atoms with Crippen LogP contribution in [0.2, 0.25) is 5.02 Å². The number of nitrogens with one attached hydrogen (secondary N) is 2. The summed E-state index contributed by atoms with van der Waals surface area (Å²) in [6.07, 6.45) is 1.25. The molecular formula is C18H13ClN4O2. The minimum atomic E-state index is -0.606. The lowest BCUT2D eigenvalue weighted by Gasteiger charge is -2.08. The van der Waals surface area contributed by atoms with Crippen LogP contribution in [-0.2, 0) is 4.79 Å². The zero-order chi connectivity index (χ0) is 18.2. The molecule has 0 fully saturated rings. The lowest BCUT2D eigenvalue weighted by molar-refractivity contribution is -0.112. The van der Waals surface area contributed by atoms with Gasteiger partial charge in [0.1, 0.15) is 23.5 Å². The van der Waals surface area contributed by atoms with E-state index in [2.05, 4.69) is 10.6 Å². The predicted molar refractivity (Wildman–Crippen MR) is 95.1 cm³/mol. The Bertz CT molecular complexity index is 910. The average Bonchev–Trinajstić information content (AvgIpc) is 2.62. The van der Waals surface area contributed by atoms with E-state index >= 15 is 0 Å². The average molecular weight is 353 g/mol. The number of hydrogen-bond acceptors (Lipinski definition) is 5. The Morgan fingerprint density at radius 2 is 2.00 bits per heavy atom. The molecule has 0 spiro atoms. The van der Waals surface area contributed by atoms with Crippen molar-refractivity contribution in [1.82, 2.24) is 0 Å². The first-order valence-electron chi connectivity index (χ1n) is 7.10. The van der Waals surface area contributed by atoms with Crippen molar-refractivity contribution in [3.05, 3.63) is 64.8 Å². The SMILES string of the molecule is COc1ccc(NC(=O)/C(C#N)=C\Nc2ccccc2C#N)cc1Cl. The number of methoxy groups -OCH3 is 1. The fraction of sp³-hybridized carbons (Fsp3) is 0.0556. The van der Waals surface area contributed by atoms with Crippen LogP contribution in [0.3, 0.4) is 0 Å². The second kappa shape index (κ2) is 8.39. The maximum absolute atomic E-state index is 12.2. The molecule has 0 bridgehead atoms. The van der Waals surface area contributed by atoms with Crippen LogP contribution in [-0.4, -0.2) is 13.0 Å². The van der Waals surface area contributed by atoms with Crippen LogP contribution in [0, 0.1) is 22.7 Å². The smallest absolute Gasteiger partial charge is 0.267 e. The fourth-order valence-corrected chi connectivity index (χ4v) is 2.21. The number of carbonyl (C=O) groups is 1. The standard InChI is InChI=1S/C18H13ClN4O2/c1-25-17-7-6-14(8-15(17)19)23-18(24)13(10-21)11-22-16-5-3-2-4-12(16)9-20/h2-8,11,22H,1H3,(H,23,24)/b13-11-. The predicted octanol–water partition coefficient (Wildman–Crippen LogP) is 3.68. The van der Waals surface area contributed by atoms with E-state index in [-0.39, 0.29) is 5.57 Å². The summed E-state index contributed by atoms with van der Waals surface area (Å²) in [4.78, 5) is 12.2. The van der Waals surface area contributed by atoms with Gasteiger partial charge in [0.25, 0.3) is 5.91 Å². The van der Waals surface area contributed by atoms with E-state index in [1.807, 2.05) is 12.1 Å². The van der Waals surface area contributed by atoms with Gasteiger partial charge >= 0.3 is 0 Å². The second-order valence-electron chi connectivity index (χ2n) is 4.77. The molecule has 7 heteroatoms. The molecule has 0 aliphatic rings. The van der Waals surface area contributed by atoms with Gasteiger partial charge in [0.05, 0.1) is 23.4 Å². The molecule has 0 saturated carbocycles. The van der Waals surface area contributed by atoms with E-state index < -0.39 is 5.91 Å². The van der Waals surface area contributed by atoms with Gasteiger partial charge in [-0.2, -0.15) is 10.5 Å². The van der Waals surface area contributed by atoms with Gasteiger partial charge in [-0.25, -0.2) is 0 Å². The maximum Gasteiger partial charge on any atom is 0.267 e. The van der Waals surface area contributed by atoms with Crippen LogP contribution in [0.5, 0.6) is 5.75 Å². The molecule has 2 N–H and O–H groups in total. The van der Waals surface area contributed by atoms with E-state index in [1.54, 1.807) is 36.4 Å². The molecule has 0 heterocycles. The summed E-state index contributed by atoms with van der Waals surface area (Å²) >= 11 is 6.00. The zero-order valence-electron chi connectivity index (χ0n) is 13.2. The lowest BCUT2D eigenvalue weighted by atomic mass is 10.2. The van der Waals surface area contributed by atoms with E-state index in [4.69, 9.17) is 21.6 Å². The van der Waals surface area contributed by atoms with Gasteiger partial charge < -0.3 is 15.4 Å². The largest absolute Gasteiger partial charge is 0.495 e. The summed E-state index contributed by atoms with van der Waals surface area (Å²) in [5.74, 6) is -0.129. The molecule has 0 unspecified atom stereocenters. The summed E-state index contributed by atoms with van der Waals surface area (Å²) in [7, 11) is 1.49. The van der Waals surface area contributed by atoms with Crippen molar-refractivity contribution >= 4 is 28.9 Å². The number of carbonyl (C=O) groups excluding carboxylic acids is 1. The van der Waals surface area contributed by atoms with Crippen molar-refractivity contribution in [2.45, 2.75) is 0 Å². The molecule has 1 amide bonds. The third kappa shape index (κ3) is 4.51. The molecule has 0 radical (unpaired) electrons. The molecule has 6 nitrogen and oxygen atoms in total. The van der Waals surface area contributed by atoms with Crippen LogP contribution in [0.1, 0.15) is 5.56 Å². The van der Waals surface area contributed by atoms with E-state index in [9.17, 15) is 10.1 Å². The first-order valence-corrected chi connectivity index (χ1v) is 7.47. The highest BCUT2D eigenvalue weighted by Crippen LogP contribution is 2.27. The molecule has 2 aromatic rings. The number of halogens is 1. The van der Waals surface area contributed by atoms with Crippen LogP contribution in [0.25, 0.3) is 0 Å². The molecule has 0 aliphatic carbocycles. The summed E-state index contributed by atoms with van der Waals surface area (Å²) in [6.45, 7) is 0. The number of rotatable bonds is 5. The van der Waals surface area contributed by atoms with Crippen molar-refractivity contribution in [3.8, 4) is 17.9 Å². The summed E-state index contributed by atoms with van der Waals surface area (Å²) in [6, 6.07) is 15.3. The summed E-state index contributed by atoms with van der Waals surface area (Å²) < 4.78 is 5.04. The highest BCUT2D eigenvalue weighted by Gasteiger charge is 2.11. The van der Waals surface area contributed by atoms with Gasteiger partial charge in [0, 0.05) is 11.9 Å². The molecule has 0 saturated heterocycles. The molecule has 0 atom stereocenters. The second-order valence-corrected chi connectivity index (χ2v) is 5.18. The number of nitriles is 2. The molecule has 2 rings (SSSR count). The van der Waals surface area contributed by atoms with E-state index in [0.29, 0.717) is 27.7 Å². The van der Waals surface area contributed by atoms with Crippen molar-refractivity contribution < 1.29 is 9.53 Å². The number of ether oxygens (including phenoxy) is 1. The van der Waals surface area contributed by atoms with Crippen molar-refractivity contribution in [2.24, 2.45) is 0 Å². The molecule has 25 heavy (non-hydrogen) atoms. The van der Waals surface area contributed by atoms with Crippen molar-refractivity contribution in [2.75, 3.05) is 17.7 Å². The van der Waals surface area contributed by atoms with E-state index in [0.717, 1.165) is 0 Å². The minimum Gasteiger partial charge on any atom is -0.495 e. The van der Waals surface area contributed by atoms with Crippen molar-refractivity contribution in [1.29, 1.82) is 10.5 Å². The Morgan fingerprint density at radius 3 is 2.64 bits per heavy atom. The van der Waals surface area contributed by atoms with Crippen LogP contribution in [0.4, 0.5) is 11.4 Å². The molecule has 124 valence electrons. The first-order chi connectivity index (χ1) is 12.1. The van der Waals surface area contributed by atoms with E-state index in [1.165, 1.54) is 19.4 Å². The Kier molecular flexibility index (Phi) is 6.00. The highest BCUT2D eigenvalue weighted by molar-refractivity contribution is 6.32.